The lowest BCUT2D eigenvalue weighted by Crippen LogP contribution is -1.99. The average molecular weight is 391 g/mol. The van der Waals surface area contributed by atoms with Gasteiger partial charge >= 0.3 is 0 Å². The Morgan fingerprint density at radius 1 is 1.14 bits per heavy atom. The normalized spacial score (nSPS) is 13.6. The molecule has 140 valence electrons. The smallest absolute Gasteiger partial charge is 0.184 e. The van der Waals surface area contributed by atoms with Gasteiger partial charge in [-0.3, -0.25) is 9.78 Å². The number of carbonyl (C=O) groups excluding carboxylic acids is 1. The van der Waals surface area contributed by atoms with Crippen molar-refractivity contribution in [1.82, 2.24) is 9.97 Å². The number of nitrogens with zero attached hydrogens (tertiary/aromatic N) is 2. The molecule has 4 aromatic rings. The lowest BCUT2D eigenvalue weighted by atomic mass is 10.1. The highest BCUT2D eigenvalue weighted by atomic mass is 32.1. The van der Waals surface area contributed by atoms with Crippen LogP contribution in [0.2, 0.25) is 0 Å². The number of methoxy groups -OCH3 is 1. The summed E-state index contributed by atoms with van der Waals surface area (Å²) in [4.78, 5) is 20.4. The highest BCUT2D eigenvalue weighted by Crippen LogP contribution is 2.36. The zero-order valence-electron chi connectivity index (χ0n) is 15.1. The van der Waals surface area contributed by atoms with Crippen LogP contribution in [-0.2, 0) is 0 Å². The Labute approximate surface area is 165 Å². The van der Waals surface area contributed by atoms with Crippen LogP contribution in [0.15, 0.2) is 42.6 Å². The SMILES string of the molecule is COc1cc2nccc(Oc3ccc4nc(NC5CC5)sc4c3)c2cc1C=O. The molecule has 1 N–H and O–H groups in total. The van der Waals surface area contributed by atoms with Gasteiger partial charge in [0.15, 0.2) is 11.4 Å². The van der Waals surface area contributed by atoms with Crippen molar-refractivity contribution in [2.45, 2.75) is 18.9 Å². The first-order chi connectivity index (χ1) is 13.7. The molecule has 2 aromatic heterocycles. The largest absolute Gasteiger partial charge is 0.496 e. The molecule has 1 aliphatic rings. The van der Waals surface area contributed by atoms with Crippen LogP contribution in [0.25, 0.3) is 21.1 Å². The third-order valence-electron chi connectivity index (χ3n) is 4.67. The van der Waals surface area contributed by atoms with Gasteiger partial charge < -0.3 is 14.8 Å². The number of fused-ring (bicyclic) bond motifs is 2. The predicted molar refractivity (Wildman–Crippen MR) is 110 cm³/mol. The van der Waals surface area contributed by atoms with Crippen LogP contribution < -0.4 is 14.8 Å². The number of carbonyl (C=O) groups is 1. The molecular weight excluding hydrogens is 374 g/mol. The van der Waals surface area contributed by atoms with Crippen LogP contribution in [0.3, 0.4) is 0 Å². The van der Waals surface area contributed by atoms with Gasteiger partial charge in [-0.2, -0.15) is 0 Å². The Kier molecular flexibility index (Phi) is 4.09. The molecule has 2 aromatic carbocycles. The van der Waals surface area contributed by atoms with Gasteiger partial charge in [-0.25, -0.2) is 4.98 Å². The highest BCUT2D eigenvalue weighted by Gasteiger charge is 2.22. The number of thiazole rings is 1. The van der Waals surface area contributed by atoms with E-state index in [0.717, 1.165) is 27.0 Å². The summed E-state index contributed by atoms with van der Waals surface area (Å²) in [6, 6.07) is 11.7. The van der Waals surface area contributed by atoms with Gasteiger partial charge in [-0.1, -0.05) is 11.3 Å². The van der Waals surface area contributed by atoms with E-state index < -0.39 is 0 Å². The summed E-state index contributed by atoms with van der Waals surface area (Å²) in [5.74, 6) is 1.84. The molecule has 1 saturated carbocycles. The number of anilines is 1. The van der Waals surface area contributed by atoms with E-state index in [2.05, 4.69) is 15.3 Å². The van der Waals surface area contributed by atoms with Gasteiger partial charge in [0, 0.05) is 29.8 Å². The molecule has 0 bridgehead atoms. The van der Waals surface area contributed by atoms with Gasteiger partial charge in [-0.05, 0) is 37.1 Å². The number of rotatable bonds is 6. The zero-order valence-corrected chi connectivity index (χ0v) is 16.0. The van der Waals surface area contributed by atoms with E-state index >= 15 is 0 Å². The molecule has 1 fully saturated rings. The molecule has 5 rings (SSSR count). The van der Waals surface area contributed by atoms with Gasteiger partial charge in [0.1, 0.15) is 17.2 Å². The number of benzene rings is 2. The van der Waals surface area contributed by atoms with Crippen molar-refractivity contribution >= 4 is 43.9 Å². The summed E-state index contributed by atoms with van der Waals surface area (Å²) in [6.45, 7) is 0. The Balaban J connectivity index is 1.50. The molecular formula is C21H17N3O3S. The summed E-state index contributed by atoms with van der Waals surface area (Å²) in [5, 5.41) is 5.14. The molecule has 7 heteroatoms. The molecule has 0 amide bonds. The molecule has 28 heavy (non-hydrogen) atoms. The zero-order chi connectivity index (χ0) is 19.1. The maximum atomic E-state index is 11.4. The summed E-state index contributed by atoms with van der Waals surface area (Å²) in [6.07, 6.45) is 4.88. The van der Waals surface area contributed by atoms with E-state index in [0.29, 0.717) is 34.4 Å². The molecule has 0 atom stereocenters. The number of hydrogen-bond donors (Lipinski definition) is 1. The second-order valence-electron chi connectivity index (χ2n) is 6.71. The van der Waals surface area contributed by atoms with Crippen LogP contribution in [0.1, 0.15) is 23.2 Å². The van der Waals surface area contributed by atoms with E-state index in [1.165, 1.54) is 20.0 Å². The number of pyridine rings is 1. The Hall–Kier alpha value is -3.19. The number of hydrogen-bond acceptors (Lipinski definition) is 7. The number of aldehydes is 1. The summed E-state index contributed by atoms with van der Waals surface area (Å²) in [5.41, 5.74) is 2.12. The molecule has 0 unspecified atom stereocenters. The van der Waals surface area contributed by atoms with Crippen molar-refractivity contribution < 1.29 is 14.3 Å². The second-order valence-corrected chi connectivity index (χ2v) is 7.74. The standard InChI is InChI=1S/C21H17N3O3S/c1-26-19-10-17-15(8-12(19)11-25)18(6-7-22-17)27-14-4-5-16-20(9-14)28-21(24-16)23-13-2-3-13/h4-11,13H,2-3H2,1H3,(H,23,24). The first-order valence-electron chi connectivity index (χ1n) is 9.00. The molecule has 0 aliphatic heterocycles. The van der Waals surface area contributed by atoms with Crippen LogP contribution in [0, 0.1) is 0 Å². The minimum absolute atomic E-state index is 0.460. The number of ether oxygens (including phenoxy) is 2. The quantitative estimate of drug-likeness (QED) is 0.465. The lowest BCUT2D eigenvalue weighted by Gasteiger charge is -2.11. The molecule has 1 aliphatic carbocycles. The van der Waals surface area contributed by atoms with Gasteiger partial charge in [0.05, 0.1) is 28.4 Å². The van der Waals surface area contributed by atoms with Crippen LogP contribution in [0.4, 0.5) is 5.13 Å². The summed E-state index contributed by atoms with van der Waals surface area (Å²) in [7, 11) is 1.53. The fourth-order valence-corrected chi connectivity index (χ4v) is 4.05. The summed E-state index contributed by atoms with van der Waals surface area (Å²) >= 11 is 1.63. The molecule has 0 saturated heterocycles. The molecule has 0 spiro atoms. The number of aromatic nitrogens is 2. The summed E-state index contributed by atoms with van der Waals surface area (Å²) < 4.78 is 12.5. The van der Waals surface area contributed by atoms with E-state index in [1.54, 1.807) is 35.7 Å². The third-order valence-corrected chi connectivity index (χ3v) is 5.62. The van der Waals surface area contributed by atoms with Crippen molar-refractivity contribution in [1.29, 1.82) is 0 Å². The average Bonchev–Trinajstić information content (AvgIpc) is 3.43. The predicted octanol–water partition coefficient (Wildman–Crippen LogP) is 5.03. The fourth-order valence-electron chi connectivity index (χ4n) is 3.08. The van der Waals surface area contributed by atoms with Crippen LogP contribution >= 0.6 is 11.3 Å². The van der Waals surface area contributed by atoms with Crippen molar-refractivity contribution in [3.05, 3.63) is 48.2 Å². The second kappa shape index (κ2) is 6.76. The monoisotopic (exact) mass is 391 g/mol. The van der Waals surface area contributed by atoms with Crippen molar-refractivity contribution in [2.75, 3.05) is 12.4 Å². The first-order valence-corrected chi connectivity index (χ1v) is 9.82. The van der Waals surface area contributed by atoms with Crippen molar-refractivity contribution in [3.8, 4) is 17.2 Å². The maximum absolute atomic E-state index is 11.4. The Morgan fingerprint density at radius 3 is 2.82 bits per heavy atom. The third kappa shape index (κ3) is 3.14. The van der Waals surface area contributed by atoms with Gasteiger partial charge in [-0.15, -0.1) is 0 Å². The van der Waals surface area contributed by atoms with E-state index in [9.17, 15) is 4.79 Å². The first kappa shape index (κ1) is 16.9. The topological polar surface area (TPSA) is 73.3 Å². The number of nitrogens with one attached hydrogen (secondary N) is 1. The lowest BCUT2D eigenvalue weighted by molar-refractivity contribution is 0.112. The van der Waals surface area contributed by atoms with Gasteiger partial charge in [0.2, 0.25) is 0 Å². The molecule has 6 nitrogen and oxygen atoms in total. The van der Waals surface area contributed by atoms with E-state index in [4.69, 9.17) is 9.47 Å². The van der Waals surface area contributed by atoms with Crippen LogP contribution in [0.5, 0.6) is 17.2 Å². The maximum Gasteiger partial charge on any atom is 0.184 e. The highest BCUT2D eigenvalue weighted by molar-refractivity contribution is 7.22. The van der Waals surface area contributed by atoms with Crippen molar-refractivity contribution in [3.63, 3.8) is 0 Å². The van der Waals surface area contributed by atoms with Crippen LogP contribution in [-0.4, -0.2) is 29.4 Å². The Morgan fingerprint density at radius 2 is 2.04 bits per heavy atom. The van der Waals surface area contributed by atoms with Crippen molar-refractivity contribution in [2.24, 2.45) is 0 Å². The molecule has 2 heterocycles. The Bertz CT molecular complexity index is 1200. The van der Waals surface area contributed by atoms with E-state index in [-0.39, 0.29) is 0 Å². The minimum Gasteiger partial charge on any atom is -0.496 e. The van der Waals surface area contributed by atoms with E-state index in [1.807, 2.05) is 18.2 Å². The van der Waals surface area contributed by atoms with Gasteiger partial charge in [0.25, 0.3) is 0 Å². The molecule has 0 radical (unpaired) electrons. The minimum atomic E-state index is 0.460. The fraction of sp³-hybridized carbons (Fsp3) is 0.190.